The van der Waals surface area contributed by atoms with Gasteiger partial charge in [0.15, 0.2) is 0 Å². The van der Waals surface area contributed by atoms with Crippen LogP contribution in [0.5, 0.6) is 5.75 Å². The number of benzene rings is 1. The SMILES string of the molecule is Cc1cc(OC2C(C)(C)C(NC(=O)c3cnc(N4C[C@@H](C)C(CN5CCC(O)CC5)[C@@H](C)C4)nc3)C2(C)C)ccc1C#N. The summed E-state index contributed by atoms with van der Waals surface area (Å²) in [5, 5.41) is 22.3. The Labute approximate surface area is 256 Å². The molecule has 9 heteroatoms. The number of aryl methyl sites for hydroxylation is 1. The lowest BCUT2D eigenvalue weighted by molar-refractivity contribution is -0.164. The molecule has 3 fully saturated rings. The molecule has 2 N–H and O–H groups in total. The van der Waals surface area contributed by atoms with E-state index in [1.807, 2.05) is 19.1 Å². The quantitative estimate of drug-likeness (QED) is 0.488. The lowest BCUT2D eigenvalue weighted by Crippen LogP contribution is -2.74. The number of carbonyl (C=O) groups excluding carboxylic acids is 1. The van der Waals surface area contributed by atoms with Gasteiger partial charge in [0.1, 0.15) is 11.9 Å². The van der Waals surface area contributed by atoms with Crippen molar-refractivity contribution < 1.29 is 14.6 Å². The van der Waals surface area contributed by atoms with Crippen molar-refractivity contribution in [3.63, 3.8) is 0 Å². The smallest absolute Gasteiger partial charge is 0.254 e. The number of amides is 1. The summed E-state index contributed by atoms with van der Waals surface area (Å²) < 4.78 is 6.43. The van der Waals surface area contributed by atoms with Gasteiger partial charge in [0.25, 0.3) is 5.91 Å². The lowest BCUT2D eigenvalue weighted by atomic mass is 9.49. The minimum absolute atomic E-state index is 0.111. The highest BCUT2D eigenvalue weighted by atomic mass is 16.5. The van der Waals surface area contributed by atoms with E-state index in [4.69, 9.17) is 4.74 Å². The zero-order chi connectivity index (χ0) is 31.1. The Morgan fingerprint density at radius 3 is 2.26 bits per heavy atom. The molecule has 1 aromatic carbocycles. The maximum atomic E-state index is 13.4. The number of nitriles is 1. The van der Waals surface area contributed by atoms with E-state index in [-0.39, 0.29) is 35.0 Å². The standard InChI is InChI=1S/C34H48N6O3/c1-21-14-27(9-8-24(21)15-35)43-31-33(4,5)30(34(31,6)7)38-29(42)25-16-36-32(37-17-25)40-18-22(2)28(23(3)19-40)20-39-12-10-26(41)11-13-39/h8-9,14,16-17,22-23,26,28,30-31,41H,10-13,18-20H2,1-7H3,(H,38,42)/t22-,23+,28?,30?,31?. The summed E-state index contributed by atoms with van der Waals surface area (Å²) in [5.74, 6) is 2.81. The molecule has 9 nitrogen and oxygen atoms in total. The number of anilines is 1. The first-order valence-corrected chi connectivity index (χ1v) is 15.8. The summed E-state index contributed by atoms with van der Waals surface area (Å²) in [6.07, 6.45) is 4.77. The molecule has 232 valence electrons. The Kier molecular flexibility index (Phi) is 8.75. The molecular weight excluding hydrogens is 540 g/mol. The zero-order valence-electron chi connectivity index (χ0n) is 26.8. The number of rotatable bonds is 7. The second-order valence-electron chi connectivity index (χ2n) is 14.5. The van der Waals surface area contributed by atoms with Crippen LogP contribution in [0, 0.1) is 46.8 Å². The number of nitrogens with zero attached hydrogens (tertiary/aromatic N) is 5. The summed E-state index contributed by atoms with van der Waals surface area (Å²) in [5.41, 5.74) is 1.35. The molecule has 3 aliphatic rings. The summed E-state index contributed by atoms with van der Waals surface area (Å²) in [4.78, 5) is 27.4. The van der Waals surface area contributed by atoms with Crippen molar-refractivity contribution in [2.45, 2.75) is 79.6 Å². The second kappa shape index (κ2) is 12.0. The van der Waals surface area contributed by atoms with Crippen LogP contribution < -0.4 is 15.0 Å². The first kappa shape index (κ1) is 31.2. The molecule has 0 radical (unpaired) electrons. The minimum atomic E-state index is -0.313. The number of likely N-dealkylation sites (tertiary alicyclic amines) is 1. The van der Waals surface area contributed by atoms with Crippen molar-refractivity contribution in [1.29, 1.82) is 5.26 Å². The average molecular weight is 589 g/mol. The van der Waals surface area contributed by atoms with E-state index in [0.29, 0.717) is 34.8 Å². The molecule has 1 aliphatic carbocycles. The third kappa shape index (κ3) is 6.23. The maximum absolute atomic E-state index is 13.4. The van der Waals surface area contributed by atoms with E-state index < -0.39 is 0 Å². The molecule has 0 bridgehead atoms. The summed E-state index contributed by atoms with van der Waals surface area (Å²) in [6.45, 7) is 19.8. The molecule has 2 aliphatic heterocycles. The van der Waals surface area contributed by atoms with Gasteiger partial charge in [0.05, 0.1) is 23.3 Å². The number of hydrogen-bond acceptors (Lipinski definition) is 8. The van der Waals surface area contributed by atoms with Crippen molar-refractivity contribution in [2.24, 2.45) is 28.6 Å². The molecule has 2 saturated heterocycles. The van der Waals surface area contributed by atoms with Crippen molar-refractivity contribution >= 4 is 11.9 Å². The Bertz CT molecular complexity index is 1320. The molecule has 1 saturated carbocycles. The highest BCUT2D eigenvalue weighted by molar-refractivity contribution is 5.94. The van der Waals surface area contributed by atoms with E-state index in [1.165, 1.54) is 0 Å². The van der Waals surface area contributed by atoms with Crippen LogP contribution in [0.2, 0.25) is 0 Å². The molecule has 5 rings (SSSR count). The van der Waals surface area contributed by atoms with Crippen LogP contribution in [0.4, 0.5) is 5.95 Å². The van der Waals surface area contributed by atoms with Gasteiger partial charge in [-0.2, -0.15) is 5.26 Å². The van der Waals surface area contributed by atoms with Crippen LogP contribution in [0.3, 0.4) is 0 Å². The van der Waals surface area contributed by atoms with Crippen LogP contribution >= 0.6 is 0 Å². The van der Waals surface area contributed by atoms with E-state index in [2.05, 4.69) is 72.7 Å². The number of aliphatic hydroxyl groups excluding tert-OH is 1. The van der Waals surface area contributed by atoms with Crippen LogP contribution in [0.15, 0.2) is 30.6 Å². The Balaban J connectivity index is 1.18. The number of aromatic nitrogens is 2. The normalized spacial score (nSPS) is 28.9. The van der Waals surface area contributed by atoms with Gasteiger partial charge in [0, 0.05) is 62.0 Å². The molecular formula is C34H48N6O3. The van der Waals surface area contributed by atoms with E-state index in [1.54, 1.807) is 18.5 Å². The molecule has 3 atom stereocenters. The fourth-order valence-electron chi connectivity index (χ4n) is 8.11. The van der Waals surface area contributed by atoms with Gasteiger partial charge in [-0.3, -0.25) is 4.79 Å². The van der Waals surface area contributed by atoms with E-state index >= 15 is 0 Å². The lowest BCUT2D eigenvalue weighted by Gasteiger charge is -2.63. The number of ether oxygens (including phenoxy) is 1. The van der Waals surface area contributed by atoms with Gasteiger partial charge in [-0.15, -0.1) is 0 Å². The Morgan fingerprint density at radius 1 is 1.09 bits per heavy atom. The molecule has 1 aromatic heterocycles. The molecule has 2 aromatic rings. The number of nitrogens with one attached hydrogen (secondary N) is 1. The highest BCUT2D eigenvalue weighted by Gasteiger charge is 2.64. The summed E-state index contributed by atoms with van der Waals surface area (Å²) in [6, 6.07) is 7.62. The number of piperidine rings is 2. The Morgan fingerprint density at radius 2 is 1.70 bits per heavy atom. The second-order valence-corrected chi connectivity index (χ2v) is 14.5. The number of aliphatic hydroxyl groups is 1. The topological polar surface area (TPSA) is 115 Å². The zero-order valence-corrected chi connectivity index (χ0v) is 26.8. The third-order valence-corrected chi connectivity index (χ3v) is 10.4. The first-order valence-electron chi connectivity index (χ1n) is 15.8. The van der Waals surface area contributed by atoms with Crippen LogP contribution in [-0.2, 0) is 0 Å². The molecule has 0 spiro atoms. The van der Waals surface area contributed by atoms with E-state index in [0.717, 1.165) is 56.9 Å². The molecule has 3 heterocycles. The Hall–Kier alpha value is -3.22. The highest BCUT2D eigenvalue weighted by Crippen LogP contribution is 2.55. The van der Waals surface area contributed by atoms with Gasteiger partial charge < -0.3 is 25.0 Å². The predicted octanol–water partition coefficient (Wildman–Crippen LogP) is 4.43. The van der Waals surface area contributed by atoms with Crippen LogP contribution in [0.25, 0.3) is 0 Å². The fourth-order valence-corrected chi connectivity index (χ4v) is 8.11. The average Bonchev–Trinajstić information content (AvgIpc) is 2.97. The van der Waals surface area contributed by atoms with Crippen LogP contribution in [0.1, 0.15) is 75.9 Å². The maximum Gasteiger partial charge on any atom is 0.254 e. The van der Waals surface area contributed by atoms with Gasteiger partial charge in [-0.05, 0) is 61.3 Å². The van der Waals surface area contributed by atoms with Crippen LogP contribution in [-0.4, -0.2) is 76.9 Å². The van der Waals surface area contributed by atoms with Crippen molar-refractivity contribution in [1.82, 2.24) is 20.2 Å². The van der Waals surface area contributed by atoms with Crippen molar-refractivity contribution in [3.05, 3.63) is 47.3 Å². The van der Waals surface area contributed by atoms with Crippen molar-refractivity contribution in [3.8, 4) is 11.8 Å². The molecule has 1 amide bonds. The minimum Gasteiger partial charge on any atom is -0.489 e. The van der Waals surface area contributed by atoms with Gasteiger partial charge in [-0.1, -0.05) is 41.5 Å². The van der Waals surface area contributed by atoms with Gasteiger partial charge in [-0.25, -0.2) is 9.97 Å². The predicted molar refractivity (Wildman–Crippen MR) is 167 cm³/mol. The molecule has 1 unspecified atom stereocenters. The third-order valence-electron chi connectivity index (χ3n) is 10.4. The van der Waals surface area contributed by atoms with Gasteiger partial charge in [0.2, 0.25) is 5.95 Å². The van der Waals surface area contributed by atoms with Gasteiger partial charge >= 0.3 is 0 Å². The van der Waals surface area contributed by atoms with Crippen molar-refractivity contribution in [2.75, 3.05) is 37.6 Å². The first-order chi connectivity index (χ1) is 20.3. The van der Waals surface area contributed by atoms with E-state index in [9.17, 15) is 15.2 Å². The molecule has 43 heavy (non-hydrogen) atoms. The summed E-state index contributed by atoms with van der Waals surface area (Å²) >= 11 is 0. The number of carbonyl (C=O) groups is 1. The fraction of sp³-hybridized carbons (Fsp3) is 0.647. The monoisotopic (exact) mass is 588 g/mol. The summed E-state index contributed by atoms with van der Waals surface area (Å²) in [7, 11) is 0. The largest absolute Gasteiger partial charge is 0.489 e. The number of hydrogen-bond donors (Lipinski definition) is 2.